The van der Waals surface area contributed by atoms with E-state index >= 15 is 0 Å². The topological polar surface area (TPSA) is 52.8 Å². The van der Waals surface area contributed by atoms with Gasteiger partial charge < -0.3 is 4.74 Å². The van der Waals surface area contributed by atoms with Crippen molar-refractivity contribution in [3.05, 3.63) is 59.7 Å². The predicted octanol–water partition coefficient (Wildman–Crippen LogP) is 8.23. The molecule has 1 heterocycles. The fourth-order valence-electron chi connectivity index (χ4n) is 4.22. The van der Waals surface area contributed by atoms with Gasteiger partial charge in [-0.25, -0.2) is 0 Å². The van der Waals surface area contributed by atoms with Gasteiger partial charge in [0.1, 0.15) is 5.75 Å². The zero-order valence-corrected chi connectivity index (χ0v) is 22.9. The highest BCUT2D eigenvalue weighted by atomic mass is 16.5. The Balaban J connectivity index is 1.38. The number of aromatic nitrogens is 4. The first-order chi connectivity index (χ1) is 18.3. The summed E-state index contributed by atoms with van der Waals surface area (Å²) in [6, 6.07) is 16.1. The van der Waals surface area contributed by atoms with Crippen molar-refractivity contribution < 1.29 is 4.74 Å². The van der Waals surface area contributed by atoms with Crippen molar-refractivity contribution in [2.24, 2.45) is 0 Å². The third-order valence-electron chi connectivity index (χ3n) is 6.53. The molecule has 3 rings (SSSR count). The third-order valence-corrected chi connectivity index (χ3v) is 6.53. The summed E-state index contributed by atoms with van der Waals surface area (Å²) in [5.74, 6) is 8.06. The van der Waals surface area contributed by atoms with Crippen LogP contribution in [0.4, 0.5) is 0 Å². The second-order valence-electron chi connectivity index (χ2n) is 9.80. The van der Waals surface area contributed by atoms with Gasteiger partial charge in [0.15, 0.2) is 0 Å². The molecule has 0 fully saturated rings. The Kier molecular flexibility index (Phi) is 13.3. The fraction of sp³-hybridized carbons (Fsp3) is 0.531. The largest absolute Gasteiger partial charge is 0.494 e. The van der Waals surface area contributed by atoms with Crippen molar-refractivity contribution in [2.75, 3.05) is 6.61 Å². The van der Waals surface area contributed by atoms with Crippen LogP contribution in [0.1, 0.15) is 108 Å². The number of nitrogens with zero attached hydrogens (tertiary/aromatic N) is 4. The molecule has 0 saturated carbocycles. The molecule has 37 heavy (non-hydrogen) atoms. The van der Waals surface area contributed by atoms with Gasteiger partial charge in [-0.1, -0.05) is 96.3 Å². The average Bonchev–Trinajstić information content (AvgIpc) is 3.41. The first kappa shape index (κ1) is 28.4. The molecule has 3 aromatic rings. The van der Waals surface area contributed by atoms with Crippen LogP contribution in [0.5, 0.6) is 5.75 Å². The van der Waals surface area contributed by atoms with Gasteiger partial charge in [0, 0.05) is 16.7 Å². The highest BCUT2D eigenvalue weighted by Gasteiger charge is 2.05. The van der Waals surface area contributed by atoms with E-state index in [-0.39, 0.29) is 0 Å². The Labute approximate surface area is 224 Å². The summed E-state index contributed by atoms with van der Waals surface area (Å²) in [4.78, 5) is 1.71. The summed E-state index contributed by atoms with van der Waals surface area (Å²) >= 11 is 0. The summed E-state index contributed by atoms with van der Waals surface area (Å²) in [5, 5.41) is 12.9. The monoisotopic (exact) mass is 500 g/mol. The van der Waals surface area contributed by atoms with Crippen LogP contribution in [-0.4, -0.2) is 26.8 Å². The maximum atomic E-state index is 5.90. The van der Waals surface area contributed by atoms with Crippen LogP contribution in [0.25, 0.3) is 11.4 Å². The smallest absolute Gasteiger partial charge is 0.204 e. The lowest BCUT2D eigenvalue weighted by Gasteiger charge is -2.06. The highest BCUT2D eigenvalue weighted by Crippen LogP contribution is 2.16. The van der Waals surface area contributed by atoms with E-state index in [1.165, 1.54) is 70.6 Å². The van der Waals surface area contributed by atoms with Crippen LogP contribution in [0, 0.1) is 11.8 Å². The third kappa shape index (κ3) is 11.2. The molecule has 5 heteroatoms. The quantitative estimate of drug-likeness (QED) is 0.138. The van der Waals surface area contributed by atoms with Gasteiger partial charge >= 0.3 is 0 Å². The van der Waals surface area contributed by atoms with E-state index in [2.05, 4.69) is 41.1 Å². The molecule has 0 bridgehead atoms. The van der Waals surface area contributed by atoms with E-state index in [9.17, 15) is 0 Å². The molecule has 0 atom stereocenters. The number of ether oxygens (including phenoxy) is 1. The standard InChI is InChI=1S/C32H44N4O/c1-3-5-7-9-10-11-13-15-27-37-31-24-20-29(21-25-31)17-16-28-18-22-30(23-19-28)32-33-35-36(34-32)26-14-12-8-6-4-2/h18-25H,3-15,26-27H2,1-2H3. The molecule has 0 amide bonds. The van der Waals surface area contributed by atoms with Gasteiger partial charge in [-0.2, -0.15) is 4.80 Å². The SMILES string of the molecule is CCCCCCCCCCOc1ccc(C#Cc2ccc(-c3nnn(CCCCCCC)n3)cc2)cc1. The number of hydrogen-bond acceptors (Lipinski definition) is 4. The molecule has 0 aliphatic rings. The molecule has 0 aliphatic carbocycles. The van der Waals surface area contributed by atoms with Gasteiger partial charge in [-0.05, 0) is 66.6 Å². The van der Waals surface area contributed by atoms with Crippen LogP contribution in [-0.2, 0) is 6.54 Å². The Hall–Kier alpha value is -3.13. The van der Waals surface area contributed by atoms with Crippen molar-refractivity contribution in [1.82, 2.24) is 20.2 Å². The highest BCUT2D eigenvalue weighted by molar-refractivity contribution is 5.56. The first-order valence-corrected chi connectivity index (χ1v) is 14.4. The zero-order chi connectivity index (χ0) is 26.0. The zero-order valence-electron chi connectivity index (χ0n) is 22.9. The molecule has 0 spiro atoms. The van der Waals surface area contributed by atoms with Gasteiger partial charge in [-0.15, -0.1) is 10.2 Å². The maximum Gasteiger partial charge on any atom is 0.204 e. The minimum absolute atomic E-state index is 0.663. The second-order valence-corrected chi connectivity index (χ2v) is 9.80. The summed E-state index contributed by atoms with van der Waals surface area (Å²) < 4.78 is 5.90. The number of unbranched alkanes of at least 4 members (excludes halogenated alkanes) is 11. The Morgan fingerprint density at radius 2 is 1.19 bits per heavy atom. The molecule has 0 radical (unpaired) electrons. The lowest BCUT2D eigenvalue weighted by atomic mass is 10.1. The van der Waals surface area contributed by atoms with E-state index < -0.39 is 0 Å². The van der Waals surface area contributed by atoms with E-state index in [4.69, 9.17) is 4.74 Å². The fourth-order valence-corrected chi connectivity index (χ4v) is 4.22. The molecule has 1 aromatic heterocycles. The molecule has 2 aromatic carbocycles. The Bertz CT molecular complexity index is 1060. The molecule has 0 saturated heterocycles. The second kappa shape index (κ2) is 17.3. The Morgan fingerprint density at radius 1 is 0.649 bits per heavy atom. The summed E-state index contributed by atoms with van der Waals surface area (Å²) in [5.41, 5.74) is 2.90. The van der Waals surface area contributed by atoms with Crippen LogP contribution in [0.3, 0.4) is 0 Å². The van der Waals surface area contributed by atoms with E-state index in [1.807, 2.05) is 48.5 Å². The molecule has 198 valence electrons. The normalized spacial score (nSPS) is 10.8. The summed E-state index contributed by atoms with van der Waals surface area (Å²) in [6.07, 6.45) is 16.6. The molecular formula is C32H44N4O. The molecular weight excluding hydrogens is 456 g/mol. The maximum absolute atomic E-state index is 5.90. The van der Waals surface area contributed by atoms with Crippen molar-refractivity contribution >= 4 is 0 Å². The number of aryl methyl sites for hydroxylation is 1. The first-order valence-electron chi connectivity index (χ1n) is 14.4. The van der Waals surface area contributed by atoms with Crippen LogP contribution < -0.4 is 4.74 Å². The molecule has 5 nitrogen and oxygen atoms in total. The van der Waals surface area contributed by atoms with Gasteiger partial charge in [0.05, 0.1) is 13.2 Å². The molecule has 0 unspecified atom stereocenters. The minimum atomic E-state index is 0.663. The molecule has 0 aliphatic heterocycles. The average molecular weight is 501 g/mol. The van der Waals surface area contributed by atoms with Crippen LogP contribution in [0.15, 0.2) is 48.5 Å². The number of benzene rings is 2. The van der Waals surface area contributed by atoms with Crippen molar-refractivity contribution in [2.45, 2.75) is 104 Å². The van der Waals surface area contributed by atoms with Crippen LogP contribution in [0.2, 0.25) is 0 Å². The van der Waals surface area contributed by atoms with Crippen molar-refractivity contribution in [3.63, 3.8) is 0 Å². The summed E-state index contributed by atoms with van der Waals surface area (Å²) in [6.45, 7) is 6.10. The van der Waals surface area contributed by atoms with E-state index in [1.54, 1.807) is 4.80 Å². The lowest BCUT2D eigenvalue weighted by Crippen LogP contribution is -2.02. The summed E-state index contributed by atoms with van der Waals surface area (Å²) in [7, 11) is 0. The van der Waals surface area contributed by atoms with Crippen LogP contribution >= 0.6 is 0 Å². The minimum Gasteiger partial charge on any atom is -0.494 e. The number of hydrogen-bond donors (Lipinski definition) is 0. The lowest BCUT2D eigenvalue weighted by molar-refractivity contribution is 0.304. The number of rotatable bonds is 17. The van der Waals surface area contributed by atoms with Gasteiger partial charge in [0.25, 0.3) is 0 Å². The van der Waals surface area contributed by atoms with E-state index in [0.29, 0.717) is 5.82 Å². The predicted molar refractivity (Wildman–Crippen MR) is 153 cm³/mol. The van der Waals surface area contributed by atoms with Gasteiger partial charge in [0.2, 0.25) is 5.82 Å². The van der Waals surface area contributed by atoms with Crippen molar-refractivity contribution in [1.29, 1.82) is 0 Å². The van der Waals surface area contributed by atoms with Crippen molar-refractivity contribution in [3.8, 4) is 29.0 Å². The Morgan fingerprint density at radius 3 is 1.81 bits per heavy atom. The van der Waals surface area contributed by atoms with Gasteiger partial charge in [-0.3, -0.25) is 0 Å². The molecule has 0 N–H and O–H groups in total. The number of tetrazole rings is 1. The van der Waals surface area contributed by atoms with E-state index in [0.717, 1.165) is 48.4 Å².